The average Bonchev–Trinajstić information content (AvgIpc) is 3.21. The van der Waals surface area contributed by atoms with Crippen molar-refractivity contribution in [2.24, 2.45) is 0 Å². The van der Waals surface area contributed by atoms with Crippen LogP contribution in [0.25, 0.3) is 0 Å². The topological polar surface area (TPSA) is 68.5 Å². The molecule has 1 atom stereocenters. The van der Waals surface area contributed by atoms with Gasteiger partial charge in [0.2, 0.25) is 0 Å². The maximum atomic E-state index is 13.4. The molecule has 7 heteroatoms. The summed E-state index contributed by atoms with van der Waals surface area (Å²) in [5, 5.41) is 0. The van der Waals surface area contributed by atoms with Crippen LogP contribution in [0.15, 0.2) is 59.4 Å². The fourth-order valence-electron chi connectivity index (χ4n) is 3.52. The molecular formula is C22H22FN3O3. The molecule has 4 rings (SSSR count). The molecule has 1 aliphatic heterocycles. The van der Waals surface area contributed by atoms with E-state index in [1.54, 1.807) is 41.7 Å². The van der Waals surface area contributed by atoms with E-state index in [1.165, 1.54) is 12.1 Å². The van der Waals surface area contributed by atoms with Crippen molar-refractivity contribution in [2.75, 3.05) is 19.7 Å². The number of hydrogen-bond donors (Lipinski definition) is 0. The first-order valence-electron chi connectivity index (χ1n) is 9.67. The van der Waals surface area contributed by atoms with Crippen LogP contribution in [0.2, 0.25) is 0 Å². The molecule has 150 valence electrons. The summed E-state index contributed by atoms with van der Waals surface area (Å²) in [4.78, 5) is 22.7. The lowest BCUT2D eigenvalue weighted by Gasteiger charge is -2.31. The van der Waals surface area contributed by atoms with Crippen molar-refractivity contribution in [1.29, 1.82) is 0 Å². The number of benzene rings is 1. The quantitative estimate of drug-likeness (QED) is 0.638. The fourth-order valence-corrected chi connectivity index (χ4v) is 3.52. The van der Waals surface area contributed by atoms with E-state index < -0.39 is 0 Å². The van der Waals surface area contributed by atoms with Crippen molar-refractivity contribution >= 4 is 5.91 Å². The Morgan fingerprint density at radius 2 is 2.21 bits per heavy atom. The van der Waals surface area contributed by atoms with Gasteiger partial charge in [-0.05, 0) is 42.7 Å². The molecule has 0 saturated carbocycles. The minimum atomic E-state index is -0.267. The van der Waals surface area contributed by atoms with Crippen molar-refractivity contribution < 1.29 is 18.3 Å². The van der Waals surface area contributed by atoms with E-state index in [-0.39, 0.29) is 24.2 Å². The van der Waals surface area contributed by atoms with Crippen molar-refractivity contribution in [2.45, 2.75) is 25.2 Å². The largest absolute Gasteiger partial charge is 0.482 e. The van der Waals surface area contributed by atoms with Crippen molar-refractivity contribution in [3.63, 3.8) is 0 Å². The predicted molar refractivity (Wildman–Crippen MR) is 104 cm³/mol. The zero-order valence-corrected chi connectivity index (χ0v) is 16.0. The first kappa shape index (κ1) is 19.1. The fraction of sp³-hybridized carbons (Fsp3) is 0.318. The van der Waals surface area contributed by atoms with Gasteiger partial charge in [-0.1, -0.05) is 12.1 Å². The normalized spacial score (nSPS) is 16.6. The number of carbonyl (C=O) groups excluding carboxylic acids is 1. The number of pyridine rings is 1. The minimum absolute atomic E-state index is 0.0190. The third-order valence-electron chi connectivity index (χ3n) is 4.96. The molecule has 1 amide bonds. The monoisotopic (exact) mass is 395 g/mol. The molecule has 29 heavy (non-hydrogen) atoms. The lowest BCUT2D eigenvalue weighted by Crippen LogP contribution is -2.41. The van der Waals surface area contributed by atoms with Gasteiger partial charge in [-0.2, -0.15) is 0 Å². The molecular weight excluding hydrogens is 373 g/mol. The highest BCUT2D eigenvalue weighted by atomic mass is 19.1. The molecule has 3 aromatic rings. The van der Waals surface area contributed by atoms with Crippen LogP contribution < -0.4 is 4.74 Å². The van der Waals surface area contributed by atoms with Gasteiger partial charge >= 0.3 is 0 Å². The van der Waals surface area contributed by atoms with Crippen LogP contribution in [0, 0.1) is 5.82 Å². The van der Waals surface area contributed by atoms with Crippen LogP contribution in [0.5, 0.6) is 5.75 Å². The Hall–Kier alpha value is -3.22. The summed E-state index contributed by atoms with van der Waals surface area (Å²) in [5.74, 6) is 1.61. The van der Waals surface area contributed by atoms with E-state index in [4.69, 9.17) is 9.15 Å². The van der Waals surface area contributed by atoms with Gasteiger partial charge in [0, 0.05) is 25.7 Å². The Labute approximate surface area is 168 Å². The summed E-state index contributed by atoms with van der Waals surface area (Å²) >= 11 is 0. The highest BCUT2D eigenvalue weighted by Gasteiger charge is 2.28. The van der Waals surface area contributed by atoms with Gasteiger partial charge < -0.3 is 14.1 Å². The molecule has 1 saturated heterocycles. The highest BCUT2D eigenvalue weighted by Crippen LogP contribution is 2.27. The molecule has 1 aliphatic rings. The number of oxazole rings is 1. The van der Waals surface area contributed by atoms with Gasteiger partial charge in [0.1, 0.15) is 17.3 Å². The van der Waals surface area contributed by atoms with Crippen molar-refractivity contribution in [1.82, 2.24) is 14.9 Å². The second-order valence-corrected chi connectivity index (χ2v) is 7.13. The van der Waals surface area contributed by atoms with E-state index in [9.17, 15) is 9.18 Å². The van der Waals surface area contributed by atoms with E-state index in [0.717, 1.165) is 18.4 Å². The predicted octanol–water partition coefficient (Wildman–Crippen LogP) is 3.58. The number of likely N-dealkylation sites (tertiary alicyclic amines) is 1. The summed E-state index contributed by atoms with van der Waals surface area (Å²) in [5.41, 5.74) is 0.834. The van der Waals surface area contributed by atoms with Crippen LogP contribution in [0.4, 0.5) is 4.39 Å². The Morgan fingerprint density at radius 1 is 1.28 bits per heavy atom. The van der Waals surface area contributed by atoms with Gasteiger partial charge in [0.25, 0.3) is 5.91 Å². The summed E-state index contributed by atoms with van der Waals surface area (Å²) in [6.45, 7) is 1.23. The van der Waals surface area contributed by atoms with Gasteiger partial charge in [-0.3, -0.25) is 9.78 Å². The SMILES string of the molecule is O=C(COc1cccnc1)N1CCC[C@@H](c2ncc(Cc3cccc(F)c3)o2)C1. The van der Waals surface area contributed by atoms with Crippen LogP contribution in [-0.2, 0) is 11.2 Å². The van der Waals surface area contributed by atoms with E-state index in [0.29, 0.717) is 36.9 Å². The first-order chi connectivity index (χ1) is 14.2. The molecule has 0 bridgehead atoms. The summed E-state index contributed by atoms with van der Waals surface area (Å²) in [6.07, 6.45) is 7.20. The third-order valence-corrected chi connectivity index (χ3v) is 4.96. The standard InChI is InChI=1S/C22H22FN3O3/c23-18-6-1-4-16(10-18)11-20-13-25-22(29-20)17-5-3-9-26(14-17)21(27)15-28-19-7-2-8-24-12-19/h1-2,4,6-8,10,12-13,17H,3,5,9,11,14-15H2/t17-/m1/s1. The molecule has 0 unspecified atom stereocenters. The molecule has 1 aromatic carbocycles. The minimum Gasteiger partial charge on any atom is -0.482 e. The molecule has 1 fully saturated rings. The second kappa shape index (κ2) is 8.86. The zero-order chi connectivity index (χ0) is 20.1. The Kier molecular flexibility index (Phi) is 5.84. The van der Waals surface area contributed by atoms with Crippen LogP contribution in [0.1, 0.15) is 36.0 Å². The lowest BCUT2D eigenvalue weighted by molar-refractivity contribution is -0.134. The molecule has 0 radical (unpaired) electrons. The summed E-state index contributed by atoms with van der Waals surface area (Å²) < 4.78 is 24.8. The number of amides is 1. The Balaban J connectivity index is 1.34. The van der Waals surface area contributed by atoms with Gasteiger partial charge in [-0.25, -0.2) is 9.37 Å². The molecule has 0 aliphatic carbocycles. The number of hydrogen-bond acceptors (Lipinski definition) is 5. The molecule has 2 aromatic heterocycles. The molecule has 6 nitrogen and oxygen atoms in total. The Bertz CT molecular complexity index is 961. The zero-order valence-electron chi connectivity index (χ0n) is 16.0. The van der Waals surface area contributed by atoms with Crippen LogP contribution >= 0.6 is 0 Å². The number of piperidine rings is 1. The molecule has 0 spiro atoms. The summed E-state index contributed by atoms with van der Waals surface area (Å²) in [7, 11) is 0. The van der Waals surface area contributed by atoms with Crippen LogP contribution in [-0.4, -0.2) is 40.5 Å². The van der Waals surface area contributed by atoms with Gasteiger partial charge in [0.05, 0.1) is 18.3 Å². The third kappa shape index (κ3) is 4.99. The highest BCUT2D eigenvalue weighted by molar-refractivity contribution is 5.78. The number of rotatable bonds is 6. The number of halogens is 1. The van der Waals surface area contributed by atoms with Crippen molar-refractivity contribution in [3.05, 3.63) is 78.0 Å². The van der Waals surface area contributed by atoms with Crippen LogP contribution in [0.3, 0.4) is 0 Å². The number of carbonyl (C=O) groups is 1. The van der Waals surface area contributed by atoms with E-state index >= 15 is 0 Å². The summed E-state index contributed by atoms with van der Waals surface area (Å²) in [6, 6.07) is 9.98. The average molecular weight is 395 g/mol. The lowest BCUT2D eigenvalue weighted by atomic mass is 9.98. The molecule has 0 N–H and O–H groups in total. The molecule has 3 heterocycles. The van der Waals surface area contributed by atoms with Gasteiger partial charge in [-0.15, -0.1) is 0 Å². The number of nitrogens with zero attached hydrogens (tertiary/aromatic N) is 3. The number of ether oxygens (including phenoxy) is 1. The van der Waals surface area contributed by atoms with E-state index in [1.807, 2.05) is 6.07 Å². The van der Waals surface area contributed by atoms with Gasteiger partial charge in [0.15, 0.2) is 12.5 Å². The Morgan fingerprint density at radius 3 is 3.03 bits per heavy atom. The smallest absolute Gasteiger partial charge is 0.260 e. The maximum absolute atomic E-state index is 13.4. The van der Waals surface area contributed by atoms with Crippen molar-refractivity contribution in [3.8, 4) is 5.75 Å². The maximum Gasteiger partial charge on any atom is 0.260 e. The van der Waals surface area contributed by atoms with E-state index in [2.05, 4.69) is 9.97 Å². The second-order valence-electron chi connectivity index (χ2n) is 7.13. The first-order valence-corrected chi connectivity index (χ1v) is 9.67. The number of aromatic nitrogens is 2.